The zero-order chi connectivity index (χ0) is 21.2. The number of piperazine rings is 1. The SMILES string of the molecule is O=C(Cc1ccccc1F)N1CCN(c2ccc(C(F)(F)F)cc2[N+](=O)[O-])CC1. The molecule has 29 heavy (non-hydrogen) atoms. The number of amides is 1. The number of anilines is 1. The first kappa shape index (κ1) is 20.6. The van der Waals surface area contributed by atoms with Crippen molar-refractivity contribution in [3.8, 4) is 0 Å². The van der Waals surface area contributed by atoms with Crippen LogP contribution < -0.4 is 4.90 Å². The summed E-state index contributed by atoms with van der Waals surface area (Å²) < 4.78 is 52.3. The van der Waals surface area contributed by atoms with Crippen molar-refractivity contribution < 1.29 is 27.3 Å². The minimum atomic E-state index is -4.68. The van der Waals surface area contributed by atoms with E-state index in [0.29, 0.717) is 6.07 Å². The largest absolute Gasteiger partial charge is 0.416 e. The lowest BCUT2D eigenvalue weighted by atomic mass is 10.1. The molecule has 0 aromatic heterocycles. The van der Waals surface area contributed by atoms with Crippen molar-refractivity contribution in [1.29, 1.82) is 0 Å². The van der Waals surface area contributed by atoms with Crippen molar-refractivity contribution in [3.05, 3.63) is 69.5 Å². The predicted octanol–water partition coefficient (Wildman–Crippen LogP) is 3.64. The van der Waals surface area contributed by atoms with Gasteiger partial charge in [-0.1, -0.05) is 18.2 Å². The standard InChI is InChI=1S/C19H17F4N3O3/c20-15-4-2-1-3-13(15)11-18(27)25-9-7-24(8-10-25)16-6-5-14(19(21,22)23)12-17(16)26(28)29/h1-6,12H,7-11H2. The van der Waals surface area contributed by atoms with E-state index >= 15 is 0 Å². The Morgan fingerprint density at radius 3 is 2.31 bits per heavy atom. The van der Waals surface area contributed by atoms with Crippen LogP contribution in [-0.2, 0) is 17.4 Å². The highest BCUT2D eigenvalue weighted by Crippen LogP contribution is 2.36. The van der Waals surface area contributed by atoms with Crippen LogP contribution in [0.4, 0.5) is 28.9 Å². The van der Waals surface area contributed by atoms with E-state index in [2.05, 4.69) is 0 Å². The van der Waals surface area contributed by atoms with Crippen molar-refractivity contribution in [2.45, 2.75) is 12.6 Å². The van der Waals surface area contributed by atoms with Gasteiger partial charge in [0.1, 0.15) is 11.5 Å². The summed E-state index contributed by atoms with van der Waals surface area (Å²) in [7, 11) is 0. The number of alkyl halides is 3. The van der Waals surface area contributed by atoms with Crippen molar-refractivity contribution >= 4 is 17.3 Å². The van der Waals surface area contributed by atoms with Crippen molar-refractivity contribution in [2.75, 3.05) is 31.1 Å². The number of rotatable bonds is 4. The molecule has 2 aromatic carbocycles. The molecule has 0 bridgehead atoms. The lowest BCUT2D eigenvalue weighted by Gasteiger charge is -2.36. The fourth-order valence-corrected chi connectivity index (χ4v) is 3.23. The molecule has 1 saturated heterocycles. The molecule has 0 unspecified atom stereocenters. The van der Waals surface area contributed by atoms with Gasteiger partial charge in [-0.3, -0.25) is 14.9 Å². The van der Waals surface area contributed by atoms with E-state index < -0.39 is 28.2 Å². The molecule has 0 atom stereocenters. The van der Waals surface area contributed by atoms with Gasteiger partial charge in [0.05, 0.1) is 16.9 Å². The maximum atomic E-state index is 13.7. The maximum Gasteiger partial charge on any atom is 0.416 e. The molecule has 3 rings (SSSR count). The molecule has 0 spiro atoms. The zero-order valence-corrected chi connectivity index (χ0v) is 15.2. The van der Waals surface area contributed by atoms with Crippen LogP contribution >= 0.6 is 0 Å². The van der Waals surface area contributed by atoms with Crippen LogP contribution in [0.15, 0.2) is 42.5 Å². The summed E-state index contributed by atoms with van der Waals surface area (Å²) in [5, 5.41) is 11.3. The van der Waals surface area contributed by atoms with Gasteiger partial charge < -0.3 is 9.80 Å². The second kappa shape index (κ2) is 8.06. The third-order valence-corrected chi connectivity index (χ3v) is 4.77. The molecule has 0 saturated carbocycles. The average Bonchev–Trinajstić information content (AvgIpc) is 2.68. The van der Waals surface area contributed by atoms with Gasteiger partial charge in [-0.15, -0.1) is 0 Å². The topological polar surface area (TPSA) is 66.7 Å². The van der Waals surface area contributed by atoms with Crippen LogP contribution in [0.3, 0.4) is 0 Å². The van der Waals surface area contributed by atoms with Crippen molar-refractivity contribution in [2.24, 2.45) is 0 Å². The Bertz CT molecular complexity index is 925. The van der Waals surface area contributed by atoms with E-state index in [-0.39, 0.29) is 49.8 Å². The smallest absolute Gasteiger partial charge is 0.362 e. The second-order valence-electron chi connectivity index (χ2n) is 6.59. The van der Waals surface area contributed by atoms with Gasteiger partial charge in [-0.2, -0.15) is 13.2 Å². The summed E-state index contributed by atoms with van der Waals surface area (Å²) in [4.78, 5) is 25.9. The molecule has 154 valence electrons. The summed E-state index contributed by atoms with van der Waals surface area (Å²) in [6.07, 6.45) is -4.78. The number of hydrogen-bond donors (Lipinski definition) is 0. The van der Waals surface area contributed by atoms with E-state index in [0.717, 1.165) is 12.1 Å². The molecular weight excluding hydrogens is 394 g/mol. The molecule has 6 nitrogen and oxygen atoms in total. The zero-order valence-electron chi connectivity index (χ0n) is 15.2. The number of halogens is 4. The van der Waals surface area contributed by atoms with E-state index in [4.69, 9.17) is 0 Å². The third-order valence-electron chi connectivity index (χ3n) is 4.77. The van der Waals surface area contributed by atoms with E-state index in [1.54, 1.807) is 11.0 Å². The first-order valence-electron chi connectivity index (χ1n) is 8.78. The molecule has 0 aliphatic carbocycles. The van der Waals surface area contributed by atoms with Gasteiger partial charge in [-0.25, -0.2) is 4.39 Å². The second-order valence-corrected chi connectivity index (χ2v) is 6.59. The minimum Gasteiger partial charge on any atom is -0.362 e. The van der Waals surface area contributed by atoms with Gasteiger partial charge in [0.25, 0.3) is 5.69 Å². The van der Waals surface area contributed by atoms with E-state index in [9.17, 15) is 32.5 Å². The van der Waals surface area contributed by atoms with Gasteiger partial charge in [0, 0.05) is 32.2 Å². The third kappa shape index (κ3) is 4.64. The molecule has 1 amide bonds. The van der Waals surface area contributed by atoms with Crippen LogP contribution in [0.2, 0.25) is 0 Å². The van der Waals surface area contributed by atoms with Gasteiger partial charge >= 0.3 is 6.18 Å². The van der Waals surface area contributed by atoms with Crippen molar-refractivity contribution in [1.82, 2.24) is 4.90 Å². The molecule has 10 heteroatoms. The molecular formula is C19H17F4N3O3. The number of carbonyl (C=O) groups is 1. The Balaban J connectivity index is 1.70. The molecule has 1 heterocycles. The van der Waals surface area contributed by atoms with Crippen LogP contribution in [0.5, 0.6) is 0 Å². The van der Waals surface area contributed by atoms with Gasteiger partial charge in [0.15, 0.2) is 0 Å². The Morgan fingerprint density at radius 2 is 1.72 bits per heavy atom. The fourth-order valence-electron chi connectivity index (χ4n) is 3.23. The van der Waals surface area contributed by atoms with E-state index in [1.165, 1.54) is 23.1 Å². The first-order valence-corrected chi connectivity index (χ1v) is 8.78. The van der Waals surface area contributed by atoms with Crippen molar-refractivity contribution in [3.63, 3.8) is 0 Å². The lowest BCUT2D eigenvalue weighted by molar-refractivity contribution is -0.384. The minimum absolute atomic E-state index is 0.0733. The molecule has 2 aromatic rings. The predicted molar refractivity (Wildman–Crippen MR) is 97.0 cm³/mol. The monoisotopic (exact) mass is 411 g/mol. The highest BCUT2D eigenvalue weighted by molar-refractivity contribution is 5.79. The summed E-state index contributed by atoms with van der Waals surface area (Å²) in [5.74, 6) is -0.753. The quantitative estimate of drug-likeness (QED) is 0.438. The number of nitro groups is 1. The number of nitrogens with zero attached hydrogens (tertiary/aromatic N) is 3. The molecule has 1 aliphatic heterocycles. The number of hydrogen-bond acceptors (Lipinski definition) is 4. The Morgan fingerprint density at radius 1 is 1.07 bits per heavy atom. The molecule has 1 fully saturated rings. The van der Waals surface area contributed by atoms with Crippen LogP contribution in [0.25, 0.3) is 0 Å². The van der Waals surface area contributed by atoms with Gasteiger partial charge in [0.2, 0.25) is 5.91 Å². The summed E-state index contributed by atoms with van der Waals surface area (Å²) in [5.41, 5.74) is -1.37. The fraction of sp³-hybridized carbons (Fsp3) is 0.316. The average molecular weight is 411 g/mol. The summed E-state index contributed by atoms with van der Waals surface area (Å²) in [6.45, 7) is 0.890. The Kier molecular flexibility index (Phi) is 5.71. The summed E-state index contributed by atoms with van der Waals surface area (Å²) in [6, 6.07) is 8.35. The number of benzene rings is 2. The molecule has 0 radical (unpaired) electrons. The maximum absolute atomic E-state index is 13.7. The molecule has 0 N–H and O–H groups in total. The van der Waals surface area contributed by atoms with E-state index in [1.807, 2.05) is 0 Å². The van der Waals surface area contributed by atoms with Crippen LogP contribution in [-0.4, -0.2) is 41.9 Å². The van der Waals surface area contributed by atoms with Crippen LogP contribution in [0, 0.1) is 15.9 Å². The number of carbonyl (C=O) groups excluding carboxylic acids is 1. The molecule has 1 aliphatic rings. The normalized spacial score (nSPS) is 14.8. The highest BCUT2D eigenvalue weighted by Gasteiger charge is 2.34. The van der Waals surface area contributed by atoms with Gasteiger partial charge in [-0.05, 0) is 23.8 Å². The highest BCUT2D eigenvalue weighted by atomic mass is 19.4. The first-order chi connectivity index (χ1) is 13.7. The number of nitro benzene ring substituents is 1. The Hall–Kier alpha value is -3.17. The Labute approximate surface area is 163 Å². The lowest BCUT2D eigenvalue weighted by Crippen LogP contribution is -2.49. The van der Waals surface area contributed by atoms with Crippen LogP contribution in [0.1, 0.15) is 11.1 Å². The summed E-state index contributed by atoms with van der Waals surface area (Å²) >= 11 is 0.